The first-order chi connectivity index (χ1) is 13.4. The first kappa shape index (κ1) is 21.0. The van der Waals surface area contributed by atoms with E-state index < -0.39 is 9.84 Å². The number of piperazine rings is 1. The standard InChI is InChI=1S/C19H28FN3O4S/c1-27-12-11-23(18-6-13-28(25,26)15-18)19(24)14-21-7-9-22(10-8-21)17-4-2-16(20)3-5-17/h2-5,18H,6-15H2,1H3/p+1/t18-/m0/s1. The fourth-order valence-corrected chi connectivity index (χ4v) is 5.68. The number of amides is 1. The molecule has 0 unspecified atom stereocenters. The number of ether oxygens (including phenoxy) is 1. The van der Waals surface area contributed by atoms with Gasteiger partial charge in [0.25, 0.3) is 5.91 Å². The van der Waals surface area contributed by atoms with Gasteiger partial charge in [-0.05, 0) is 30.7 Å². The van der Waals surface area contributed by atoms with Crippen molar-refractivity contribution in [3.05, 3.63) is 30.1 Å². The lowest BCUT2D eigenvalue weighted by Gasteiger charge is -2.35. The van der Waals surface area contributed by atoms with Crippen LogP contribution < -0.4 is 9.80 Å². The maximum Gasteiger partial charge on any atom is 0.278 e. The third-order valence-corrected chi connectivity index (χ3v) is 7.32. The van der Waals surface area contributed by atoms with E-state index >= 15 is 0 Å². The Bertz CT molecular complexity index is 764. The summed E-state index contributed by atoms with van der Waals surface area (Å²) < 4.78 is 41.8. The van der Waals surface area contributed by atoms with Crippen LogP contribution >= 0.6 is 0 Å². The lowest BCUT2D eigenvalue weighted by molar-refractivity contribution is -0.892. The highest BCUT2D eigenvalue weighted by Crippen LogP contribution is 2.18. The van der Waals surface area contributed by atoms with E-state index in [2.05, 4.69) is 4.90 Å². The molecule has 7 nitrogen and oxygen atoms in total. The van der Waals surface area contributed by atoms with Crippen molar-refractivity contribution in [2.45, 2.75) is 12.5 Å². The molecule has 2 aliphatic rings. The van der Waals surface area contributed by atoms with Crippen LogP contribution in [0, 0.1) is 5.82 Å². The molecular weight excluding hydrogens is 385 g/mol. The van der Waals surface area contributed by atoms with Crippen molar-refractivity contribution < 1.29 is 27.2 Å². The minimum Gasteiger partial charge on any atom is -0.383 e. The predicted octanol–water partition coefficient (Wildman–Crippen LogP) is -0.807. The lowest BCUT2D eigenvalue weighted by atomic mass is 10.2. The molecule has 0 bridgehead atoms. The highest BCUT2D eigenvalue weighted by molar-refractivity contribution is 7.91. The minimum atomic E-state index is -3.05. The minimum absolute atomic E-state index is 0.00983. The Morgan fingerprint density at radius 1 is 1.29 bits per heavy atom. The van der Waals surface area contributed by atoms with E-state index in [1.54, 1.807) is 24.1 Å². The number of nitrogens with one attached hydrogen (secondary N) is 1. The molecule has 0 spiro atoms. The molecule has 1 atom stereocenters. The summed E-state index contributed by atoms with van der Waals surface area (Å²) in [4.78, 5) is 18.0. The Kier molecular flexibility index (Phi) is 6.90. The molecule has 0 aromatic heterocycles. The van der Waals surface area contributed by atoms with Gasteiger partial charge in [0.1, 0.15) is 5.82 Å². The van der Waals surface area contributed by atoms with Crippen molar-refractivity contribution in [2.24, 2.45) is 0 Å². The Morgan fingerprint density at radius 3 is 2.54 bits per heavy atom. The zero-order valence-corrected chi connectivity index (χ0v) is 17.1. The van der Waals surface area contributed by atoms with Gasteiger partial charge in [-0.15, -0.1) is 0 Å². The molecule has 2 saturated heterocycles. The lowest BCUT2D eigenvalue weighted by Crippen LogP contribution is -3.16. The number of hydrogen-bond acceptors (Lipinski definition) is 5. The smallest absolute Gasteiger partial charge is 0.278 e. The van der Waals surface area contributed by atoms with Gasteiger partial charge in [0.05, 0.1) is 44.3 Å². The number of anilines is 1. The number of sulfone groups is 1. The molecule has 0 aliphatic carbocycles. The molecule has 1 aromatic carbocycles. The quantitative estimate of drug-likeness (QED) is 0.632. The first-order valence-electron chi connectivity index (χ1n) is 9.71. The van der Waals surface area contributed by atoms with E-state index in [4.69, 9.17) is 4.74 Å². The highest BCUT2D eigenvalue weighted by Gasteiger charge is 2.36. The topological polar surface area (TPSA) is 71.4 Å². The van der Waals surface area contributed by atoms with Gasteiger partial charge in [-0.2, -0.15) is 0 Å². The molecule has 2 aliphatic heterocycles. The SMILES string of the molecule is COCCN(C(=O)C[NH+]1CCN(c2ccc(F)cc2)CC1)[C@H]1CCS(=O)(=O)C1. The monoisotopic (exact) mass is 414 g/mol. The first-order valence-corrected chi connectivity index (χ1v) is 11.5. The number of hydrogen-bond donors (Lipinski definition) is 1. The molecule has 2 fully saturated rings. The van der Waals surface area contributed by atoms with E-state index in [-0.39, 0.29) is 29.3 Å². The van der Waals surface area contributed by atoms with Gasteiger partial charge in [0.15, 0.2) is 16.4 Å². The van der Waals surface area contributed by atoms with Crippen molar-refractivity contribution in [3.63, 3.8) is 0 Å². The molecule has 0 saturated carbocycles. The van der Waals surface area contributed by atoms with Crippen LogP contribution in [0.4, 0.5) is 10.1 Å². The van der Waals surface area contributed by atoms with Gasteiger partial charge < -0.3 is 19.4 Å². The van der Waals surface area contributed by atoms with Crippen LogP contribution in [0.3, 0.4) is 0 Å². The average molecular weight is 415 g/mol. The number of nitrogens with zero attached hydrogens (tertiary/aromatic N) is 2. The van der Waals surface area contributed by atoms with Crippen LogP contribution in [-0.2, 0) is 19.4 Å². The number of carbonyl (C=O) groups is 1. The van der Waals surface area contributed by atoms with Crippen molar-refractivity contribution in [3.8, 4) is 0 Å². The second-order valence-corrected chi connectivity index (χ2v) is 9.76. The number of carbonyl (C=O) groups excluding carboxylic acids is 1. The maximum atomic E-state index is 13.1. The molecular formula is C19H29FN3O4S+. The van der Waals surface area contributed by atoms with Gasteiger partial charge in [-0.3, -0.25) is 4.79 Å². The molecule has 9 heteroatoms. The van der Waals surface area contributed by atoms with Crippen LogP contribution in [0.2, 0.25) is 0 Å². The number of halogens is 1. The summed E-state index contributed by atoms with van der Waals surface area (Å²) in [5.41, 5.74) is 0.990. The third-order valence-electron chi connectivity index (χ3n) is 5.57. The number of quaternary nitrogens is 1. The van der Waals surface area contributed by atoms with E-state index in [0.717, 1.165) is 31.9 Å². The Hall–Kier alpha value is -1.71. The molecule has 1 aromatic rings. The van der Waals surface area contributed by atoms with Crippen molar-refractivity contribution >= 4 is 21.4 Å². The second-order valence-electron chi connectivity index (χ2n) is 7.53. The summed E-state index contributed by atoms with van der Waals surface area (Å²) in [6, 6.07) is 6.23. The Balaban J connectivity index is 1.54. The summed E-state index contributed by atoms with van der Waals surface area (Å²) in [5, 5.41) is 0. The molecule has 1 N–H and O–H groups in total. The van der Waals surface area contributed by atoms with E-state index in [9.17, 15) is 17.6 Å². The largest absolute Gasteiger partial charge is 0.383 e. The Morgan fingerprint density at radius 2 is 1.96 bits per heavy atom. The van der Waals surface area contributed by atoms with E-state index in [1.165, 1.54) is 17.0 Å². The van der Waals surface area contributed by atoms with Gasteiger partial charge in [0, 0.05) is 25.4 Å². The van der Waals surface area contributed by atoms with Gasteiger partial charge >= 0.3 is 0 Å². The molecule has 156 valence electrons. The Labute approximate surface area is 166 Å². The van der Waals surface area contributed by atoms with Crippen molar-refractivity contribution in [2.75, 3.05) is 69.4 Å². The van der Waals surface area contributed by atoms with E-state index in [0.29, 0.717) is 26.1 Å². The average Bonchev–Trinajstić information content (AvgIpc) is 3.03. The second kappa shape index (κ2) is 9.19. The zero-order chi connectivity index (χ0) is 20.1. The van der Waals surface area contributed by atoms with Gasteiger partial charge in [-0.25, -0.2) is 12.8 Å². The van der Waals surface area contributed by atoms with Crippen LogP contribution in [0.5, 0.6) is 0 Å². The normalized spacial score (nSPS) is 22.4. The van der Waals surface area contributed by atoms with Gasteiger partial charge in [0.2, 0.25) is 0 Å². The fraction of sp³-hybridized carbons (Fsp3) is 0.632. The molecule has 28 heavy (non-hydrogen) atoms. The predicted molar refractivity (Wildman–Crippen MR) is 105 cm³/mol. The third kappa shape index (κ3) is 5.42. The highest BCUT2D eigenvalue weighted by atomic mass is 32.2. The molecule has 3 rings (SSSR count). The maximum absolute atomic E-state index is 13.1. The summed E-state index contributed by atoms with van der Waals surface area (Å²) in [6.07, 6.45) is 0.505. The number of methoxy groups -OCH3 is 1. The summed E-state index contributed by atoms with van der Waals surface area (Å²) in [6.45, 7) is 4.39. The summed E-state index contributed by atoms with van der Waals surface area (Å²) >= 11 is 0. The molecule has 0 radical (unpaired) electrons. The fourth-order valence-electron chi connectivity index (χ4n) is 3.95. The molecule has 2 heterocycles. The van der Waals surface area contributed by atoms with E-state index in [1.807, 2.05) is 0 Å². The van der Waals surface area contributed by atoms with Crippen molar-refractivity contribution in [1.29, 1.82) is 0 Å². The zero-order valence-electron chi connectivity index (χ0n) is 16.3. The van der Waals surface area contributed by atoms with Crippen molar-refractivity contribution in [1.82, 2.24) is 4.90 Å². The van der Waals surface area contributed by atoms with Gasteiger partial charge in [-0.1, -0.05) is 0 Å². The van der Waals surface area contributed by atoms with Crippen LogP contribution in [-0.4, -0.2) is 89.8 Å². The summed E-state index contributed by atoms with van der Waals surface area (Å²) in [7, 11) is -1.47. The van der Waals surface area contributed by atoms with Crippen LogP contribution in [0.15, 0.2) is 24.3 Å². The number of benzene rings is 1. The molecule has 1 amide bonds. The van der Waals surface area contributed by atoms with Crippen LogP contribution in [0.25, 0.3) is 0 Å². The summed E-state index contributed by atoms with van der Waals surface area (Å²) in [5.74, 6) is -0.0543. The van der Waals surface area contributed by atoms with Crippen LogP contribution in [0.1, 0.15) is 6.42 Å². The number of rotatable bonds is 7.